The van der Waals surface area contributed by atoms with Crippen LogP contribution in [0.3, 0.4) is 0 Å². The lowest BCUT2D eigenvalue weighted by atomic mass is 10.1. The summed E-state index contributed by atoms with van der Waals surface area (Å²) >= 11 is 0. The summed E-state index contributed by atoms with van der Waals surface area (Å²) in [6.07, 6.45) is 23.5. The number of hydrogen-bond acceptors (Lipinski definition) is 0. The predicted molar refractivity (Wildman–Crippen MR) is 64.1 cm³/mol. The molecule has 0 spiro atoms. The molecule has 0 fully saturated rings. The molecule has 1 aliphatic carbocycles. The Labute approximate surface area is 89.1 Å². The topological polar surface area (TPSA) is 0 Å². The van der Waals surface area contributed by atoms with Gasteiger partial charge in [0.2, 0.25) is 0 Å². The molecular formula is C14H23. The van der Waals surface area contributed by atoms with E-state index < -0.39 is 0 Å². The van der Waals surface area contributed by atoms with E-state index in [9.17, 15) is 0 Å². The number of allylic oxidation sites excluding steroid dienone is 4. The quantitative estimate of drug-likeness (QED) is 0.481. The third-order valence-corrected chi connectivity index (χ3v) is 2.66. The fourth-order valence-electron chi connectivity index (χ4n) is 1.75. The summed E-state index contributed by atoms with van der Waals surface area (Å²) in [6.45, 7) is 0. The van der Waals surface area contributed by atoms with Gasteiger partial charge in [0.1, 0.15) is 0 Å². The Kier molecular flexibility index (Phi) is 7.47. The molecule has 14 heavy (non-hydrogen) atoms. The van der Waals surface area contributed by atoms with Crippen molar-refractivity contribution in [2.45, 2.75) is 57.8 Å². The molecule has 0 saturated heterocycles. The second-order valence-corrected chi connectivity index (χ2v) is 4.04. The largest absolute Gasteiger partial charge is 0.0882 e. The van der Waals surface area contributed by atoms with Crippen molar-refractivity contribution in [2.24, 2.45) is 0 Å². The van der Waals surface area contributed by atoms with Crippen LogP contribution in [0.25, 0.3) is 0 Å². The normalized spacial score (nSPS) is 26.3. The van der Waals surface area contributed by atoms with Crippen LogP contribution in [-0.4, -0.2) is 0 Å². The van der Waals surface area contributed by atoms with Crippen molar-refractivity contribution in [3.05, 3.63) is 30.7 Å². The third-order valence-electron chi connectivity index (χ3n) is 2.66. The molecule has 0 heteroatoms. The van der Waals surface area contributed by atoms with Crippen LogP contribution in [0, 0.1) is 6.42 Å². The van der Waals surface area contributed by atoms with E-state index in [1.165, 1.54) is 51.4 Å². The fraction of sp³-hybridized carbons (Fsp3) is 0.643. The molecule has 0 saturated carbocycles. The van der Waals surface area contributed by atoms with Crippen LogP contribution < -0.4 is 0 Å². The molecule has 79 valence electrons. The first-order chi connectivity index (χ1) is 7.00. The van der Waals surface area contributed by atoms with Crippen LogP contribution in [0.2, 0.25) is 0 Å². The van der Waals surface area contributed by atoms with Crippen LogP contribution >= 0.6 is 0 Å². The maximum absolute atomic E-state index is 2.47. The van der Waals surface area contributed by atoms with E-state index in [1.54, 1.807) is 0 Å². The maximum atomic E-state index is 2.47. The van der Waals surface area contributed by atoms with Gasteiger partial charge < -0.3 is 0 Å². The Morgan fingerprint density at radius 2 is 1.00 bits per heavy atom. The SMILES string of the molecule is [CH]1CCCC/C=C/C/C=C/CCCC1. The zero-order valence-corrected chi connectivity index (χ0v) is 9.25. The van der Waals surface area contributed by atoms with Crippen molar-refractivity contribution < 1.29 is 0 Å². The van der Waals surface area contributed by atoms with E-state index in [-0.39, 0.29) is 0 Å². The van der Waals surface area contributed by atoms with E-state index in [0.29, 0.717) is 0 Å². The van der Waals surface area contributed by atoms with Crippen molar-refractivity contribution in [3.63, 3.8) is 0 Å². The molecule has 1 radical (unpaired) electrons. The monoisotopic (exact) mass is 191 g/mol. The fourth-order valence-corrected chi connectivity index (χ4v) is 1.75. The van der Waals surface area contributed by atoms with Gasteiger partial charge in [0.25, 0.3) is 0 Å². The molecule has 0 aliphatic heterocycles. The Morgan fingerprint density at radius 3 is 1.57 bits per heavy atom. The zero-order chi connectivity index (χ0) is 9.90. The van der Waals surface area contributed by atoms with Crippen LogP contribution in [-0.2, 0) is 0 Å². The van der Waals surface area contributed by atoms with Crippen molar-refractivity contribution in [1.82, 2.24) is 0 Å². The van der Waals surface area contributed by atoms with Gasteiger partial charge in [-0.15, -0.1) is 0 Å². The lowest BCUT2D eigenvalue weighted by Crippen LogP contribution is -1.81. The first-order valence-corrected chi connectivity index (χ1v) is 6.12. The van der Waals surface area contributed by atoms with Crippen LogP contribution in [0.15, 0.2) is 24.3 Å². The van der Waals surface area contributed by atoms with Crippen molar-refractivity contribution in [1.29, 1.82) is 0 Å². The van der Waals surface area contributed by atoms with Gasteiger partial charge in [-0.25, -0.2) is 0 Å². The Hall–Kier alpha value is -0.520. The number of hydrogen-bond donors (Lipinski definition) is 0. The molecule has 0 aromatic heterocycles. The highest BCUT2D eigenvalue weighted by Crippen LogP contribution is 2.10. The zero-order valence-electron chi connectivity index (χ0n) is 9.25. The lowest BCUT2D eigenvalue weighted by molar-refractivity contribution is 0.673. The molecule has 0 N–H and O–H groups in total. The third kappa shape index (κ3) is 6.94. The summed E-state index contributed by atoms with van der Waals surface area (Å²) in [5.41, 5.74) is 0. The summed E-state index contributed by atoms with van der Waals surface area (Å²) in [4.78, 5) is 0. The minimum atomic E-state index is 1.13. The average Bonchev–Trinajstić information content (AvgIpc) is 2.22. The molecule has 0 unspecified atom stereocenters. The molecule has 0 heterocycles. The van der Waals surface area contributed by atoms with E-state index in [2.05, 4.69) is 30.7 Å². The van der Waals surface area contributed by atoms with Gasteiger partial charge in [-0.3, -0.25) is 0 Å². The molecule has 0 atom stereocenters. The summed E-state index contributed by atoms with van der Waals surface area (Å²) in [5.74, 6) is 0. The lowest BCUT2D eigenvalue weighted by Gasteiger charge is -2.00. The first kappa shape index (κ1) is 11.6. The average molecular weight is 191 g/mol. The molecular weight excluding hydrogens is 168 g/mol. The highest BCUT2D eigenvalue weighted by Gasteiger charge is 1.91. The number of rotatable bonds is 0. The summed E-state index contributed by atoms with van der Waals surface area (Å²) in [5, 5.41) is 0. The molecule has 1 aliphatic rings. The second-order valence-electron chi connectivity index (χ2n) is 4.04. The van der Waals surface area contributed by atoms with Crippen LogP contribution in [0.4, 0.5) is 0 Å². The Morgan fingerprint density at radius 1 is 0.500 bits per heavy atom. The second kappa shape index (κ2) is 9.05. The van der Waals surface area contributed by atoms with Gasteiger partial charge in [0.15, 0.2) is 0 Å². The smallest absolute Gasteiger partial charge is 0.0169 e. The van der Waals surface area contributed by atoms with Crippen LogP contribution in [0.1, 0.15) is 57.8 Å². The Bertz CT molecular complexity index is 147. The van der Waals surface area contributed by atoms with E-state index in [4.69, 9.17) is 0 Å². The molecule has 1 rings (SSSR count). The van der Waals surface area contributed by atoms with E-state index in [0.717, 1.165) is 6.42 Å². The van der Waals surface area contributed by atoms with E-state index in [1.807, 2.05) is 0 Å². The van der Waals surface area contributed by atoms with Gasteiger partial charge in [0.05, 0.1) is 0 Å². The molecule has 0 aromatic rings. The highest BCUT2D eigenvalue weighted by molar-refractivity contribution is 4.92. The minimum absolute atomic E-state index is 1.13. The standard InChI is InChI=1S/C14H23/c1-2-4-6-8-10-12-14-13-11-9-7-5-3-1/h1-2,5,7,12H,3-4,6,8-11,13-14H2/b2-1+,7-5+. The molecule has 0 bridgehead atoms. The minimum Gasteiger partial charge on any atom is -0.0882 e. The van der Waals surface area contributed by atoms with Gasteiger partial charge in [-0.05, 0) is 38.5 Å². The summed E-state index contributed by atoms with van der Waals surface area (Å²) in [6, 6.07) is 0. The van der Waals surface area contributed by atoms with Crippen LogP contribution in [0.5, 0.6) is 0 Å². The summed E-state index contributed by atoms with van der Waals surface area (Å²) in [7, 11) is 0. The van der Waals surface area contributed by atoms with Gasteiger partial charge in [0, 0.05) is 0 Å². The van der Waals surface area contributed by atoms with Gasteiger partial charge in [-0.2, -0.15) is 0 Å². The molecule has 0 aromatic carbocycles. The first-order valence-electron chi connectivity index (χ1n) is 6.12. The summed E-state index contributed by atoms with van der Waals surface area (Å²) < 4.78 is 0. The Balaban J connectivity index is 2.17. The van der Waals surface area contributed by atoms with Crippen molar-refractivity contribution >= 4 is 0 Å². The van der Waals surface area contributed by atoms with Gasteiger partial charge in [-0.1, -0.05) is 50.0 Å². The van der Waals surface area contributed by atoms with Crippen molar-refractivity contribution in [3.8, 4) is 0 Å². The maximum Gasteiger partial charge on any atom is -0.0169 e. The predicted octanol–water partition coefficient (Wildman–Crippen LogP) is 4.83. The van der Waals surface area contributed by atoms with E-state index >= 15 is 0 Å². The molecule has 0 amide bonds. The molecule has 0 nitrogen and oxygen atoms in total. The highest BCUT2D eigenvalue weighted by atomic mass is 14.0. The van der Waals surface area contributed by atoms with Crippen molar-refractivity contribution in [2.75, 3.05) is 0 Å². The van der Waals surface area contributed by atoms with Gasteiger partial charge >= 0.3 is 0 Å².